The van der Waals surface area contributed by atoms with Gasteiger partial charge >= 0.3 is 0 Å². The third kappa shape index (κ3) is 1.90. The molecule has 0 radical (unpaired) electrons. The van der Waals surface area contributed by atoms with E-state index in [9.17, 15) is 9.59 Å². The second kappa shape index (κ2) is 4.61. The Kier molecular flexibility index (Phi) is 2.83. The molecule has 110 valence electrons. The molecule has 1 spiro atoms. The minimum Gasteiger partial charge on any atom is -0.348 e. The van der Waals surface area contributed by atoms with E-state index in [1.54, 1.807) is 18.3 Å². The van der Waals surface area contributed by atoms with Crippen LogP contribution in [0, 0.1) is 0 Å². The van der Waals surface area contributed by atoms with E-state index in [-0.39, 0.29) is 23.6 Å². The molecular formula is C15H16N2O4. The number of carbonyl (C=O) groups excluding carboxylic acids is 2. The number of hydrogen-bond donors (Lipinski definition) is 0. The van der Waals surface area contributed by atoms with Gasteiger partial charge in [-0.05, 0) is 25.0 Å². The highest BCUT2D eigenvalue weighted by molar-refractivity contribution is 6.20. The van der Waals surface area contributed by atoms with Crippen LogP contribution in [-0.4, -0.2) is 46.7 Å². The van der Waals surface area contributed by atoms with Crippen molar-refractivity contribution in [2.75, 3.05) is 13.2 Å². The molecule has 0 unspecified atom stereocenters. The molecule has 3 aliphatic rings. The molecule has 2 amide bonds. The zero-order chi connectivity index (χ0) is 14.4. The normalized spacial score (nSPS) is 24.9. The Morgan fingerprint density at radius 1 is 1.14 bits per heavy atom. The van der Waals surface area contributed by atoms with Crippen molar-refractivity contribution < 1.29 is 19.1 Å². The fourth-order valence-corrected chi connectivity index (χ4v) is 3.50. The lowest BCUT2D eigenvalue weighted by molar-refractivity contribution is -0.181. The lowest BCUT2D eigenvalue weighted by Gasteiger charge is -2.38. The van der Waals surface area contributed by atoms with Crippen LogP contribution in [0.15, 0.2) is 18.3 Å². The average Bonchev–Trinajstić information content (AvgIpc) is 3.06. The summed E-state index contributed by atoms with van der Waals surface area (Å²) in [5.74, 6) is -0.977. The fraction of sp³-hybridized carbons (Fsp3) is 0.533. The van der Waals surface area contributed by atoms with Gasteiger partial charge in [-0.3, -0.25) is 19.5 Å². The van der Waals surface area contributed by atoms with Gasteiger partial charge in [0.2, 0.25) is 0 Å². The van der Waals surface area contributed by atoms with Crippen molar-refractivity contribution in [1.82, 2.24) is 9.88 Å². The molecule has 21 heavy (non-hydrogen) atoms. The van der Waals surface area contributed by atoms with Crippen LogP contribution in [0.25, 0.3) is 0 Å². The van der Waals surface area contributed by atoms with Gasteiger partial charge in [-0.2, -0.15) is 0 Å². The zero-order valence-electron chi connectivity index (χ0n) is 11.6. The SMILES string of the molecule is O=C1c2cccnc2C(=O)N1C1CCC2(CC1)OCCO2. The average molecular weight is 288 g/mol. The number of fused-ring (bicyclic) bond motifs is 1. The number of rotatable bonds is 1. The molecule has 6 nitrogen and oxygen atoms in total. The maximum atomic E-state index is 12.4. The van der Waals surface area contributed by atoms with Crippen LogP contribution in [0.4, 0.5) is 0 Å². The molecule has 0 atom stereocenters. The van der Waals surface area contributed by atoms with E-state index >= 15 is 0 Å². The molecule has 1 saturated heterocycles. The van der Waals surface area contributed by atoms with E-state index < -0.39 is 5.79 Å². The van der Waals surface area contributed by atoms with Crippen LogP contribution in [0.2, 0.25) is 0 Å². The van der Waals surface area contributed by atoms with Gasteiger partial charge in [-0.1, -0.05) is 0 Å². The Morgan fingerprint density at radius 2 is 1.86 bits per heavy atom. The molecule has 0 aromatic carbocycles. The molecule has 3 heterocycles. The topological polar surface area (TPSA) is 68.7 Å². The van der Waals surface area contributed by atoms with Crippen LogP contribution in [0.5, 0.6) is 0 Å². The molecule has 1 aromatic rings. The largest absolute Gasteiger partial charge is 0.348 e. The summed E-state index contributed by atoms with van der Waals surface area (Å²) < 4.78 is 11.4. The molecule has 1 saturated carbocycles. The standard InChI is InChI=1S/C15H16N2O4/c18-13-11-2-1-7-16-12(11)14(19)17(13)10-3-5-15(6-4-10)20-8-9-21-15/h1-2,7,10H,3-6,8-9H2. The van der Waals surface area contributed by atoms with Crippen molar-refractivity contribution in [2.45, 2.75) is 37.5 Å². The third-order valence-corrected chi connectivity index (χ3v) is 4.57. The summed E-state index contributed by atoms with van der Waals surface area (Å²) in [6, 6.07) is 3.26. The van der Waals surface area contributed by atoms with E-state index in [0.717, 1.165) is 12.8 Å². The highest BCUT2D eigenvalue weighted by Crippen LogP contribution is 2.39. The first-order valence-corrected chi connectivity index (χ1v) is 7.31. The fourth-order valence-electron chi connectivity index (χ4n) is 3.50. The van der Waals surface area contributed by atoms with Crippen LogP contribution in [0.1, 0.15) is 46.5 Å². The summed E-state index contributed by atoms with van der Waals surface area (Å²) in [5.41, 5.74) is 0.687. The van der Waals surface area contributed by atoms with Crippen molar-refractivity contribution in [3.05, 3.63) is 29.6 Å². The summed E-state index contributed by atoms with van der Waals surface area (Å²) >= 11 is 0. The van der Waals surface area contributed by atoms with Crippen LogP contribution in [-0.2, 0) is 9.47 Å². The predicted molar refractivity (Wildman–Crippen MR) is 71.6 cm³/mol. The van der Waals surface area contributed by atoms with Crippen LogP contribution < -0.4 is 0 Å². The number of pyridine rings is 1. The van der Waals surface area contributed by atoms with Crippen molar-refractivity contribution >= 4 is 11.8 Å². The number of amides is 2. The van der Waals surface area contributed by atoms with Crippen LogP contribution >= 0.6 is 0 Å². The quantitative estimate of drug-likeness (QED) is 0.730. The van der Waals surface area contributed by atoms with Crippen LogP contribution in [0.3, 0.4) is 0 Å². The number of imide groups is 1. The summed E-state index contributed by atoms with van der Waals surface area (Å²) in [6.45, 7) is 1.25. The molecule has 4 rings (SSSR count). The number of ether oxygens (including phenoxy) is 2. The van der Waals surface area contributed by atoms with Crippen molar-refractivity contribution in [3.8, 4) is 0 Å². The van der Waals surface area contributed by atoms with Gasteiger partial charge in [-0.25, -0.2) is 0 Å². The molecular weight excluding hydrogens is 272 g/mol. The highest BCUT2D eigenvalue weighted by Gasteiger charge is 2.46. The molecule has 0 N–H and O–H groups in total. The smallest absolute Gasteiger partial charge is 0.280 e. The summed E-state index contributed by atoms with van der Waals surface area (Å²) in [6.07, 6.45) is 4.41. The van der Waals surface area contributed by atoms with E-state index in [2.05, 4.69) is 4.98 Å². The first kappa shape index (κ1) is 12.9. The first-order valence-electron chi connectivity index (χ1n) is 7.31. The van der Waals surface area contributed by atoms with Gasteiger partial charge in [0.1, 0.15) is 5.69 Å². The third-order valence-electron chi connectivity index (χ3n) is 4.57. The van der Waals surface area contributed by atoms with Crippen molar-refractivity contribution in [1.29, 1.82) is 0 Å². The number of carbonyl (C=O) groups is 2. The molecule has 1 aliphatic carbocycles. The van der Waals surface area contributed by atoms with Crippen molar-refractivity contribution in [2.24, 2.45) is 0 Å². The molecule has 0 bridgehead atoms. The monoisotopic (exact) mass is 288 g/mol. The predicted octanol–water partition coefficient (Wildman–Crippen LogP) is 1.36. The molecule has 2 fully saturated rings. The Balaban J connectivity index is 1.54. The van der Waals surface area contributed by atoms with Gasteiger partial charge < -0.3 is 9.47 Å². The highest BCUT2D eigenvalue weighted by atomic mass is 16.7. The van der Waals surface area contributed by atoms with Gasteiger partial charge in [-0.15, -0.1) is 0 Å². The molecule has 1 aromatic heterocycles. The van der Waals surface area contributed by atoms with Gasteiger partial charge in [0.25, 0.3) is 11.8 Å². The van der Waals surface area contributed by atoms with E-state index in [1.165, 1.54) is 4.90 Å². The Bertz CT molecular complexity index is 564. The Morgan fingerprint density at radius 3 is 2.52 bits per heavy atom. The number of nitrogens with zero attached hydrogens (tertiary/aromatic N) is 2. The maximum absolute atomic E-state index is 12.4. The van der Waals surface area contributed by atoms with E-state index in [1.807, 2.05) is 0 Å². The summed E-state index contributed by atoms with van der Waals surface area (Å²) in [7, 11) is 0. The van der Waals surface area contributed by atoms with Crippen molar-refractivity contribution in [3.63, 3.8) is 0 Å². The zero-order valence-corrected chi connectivity index (χ0v) is 11.6. The Hall–Kier alpha value is -1.79. The number of aromatic nitrogens is 1. The summed E-state index contributed by atoms with van der Waals surface area (Å²) in [4.78, 5) is 30.2. The second-order valence-electron chi connectivity index (χ2n) is 5.72. The minimum atomic E-state index is -0.479. The molecule has 6 heteroatoms. The second-order valence-corrected chi connectivity index (χ2v) is 5.72. The summed E-state index contributed by atoms with van der Waals surface area (Å²) in [5, 5.41) is 0. The minimum absolute atomic E-state index is 0.0855. The van der Waals surface area contributed by atoms with E-state index in [0.29, 0.717) is 31.6 Å². The Labute approximate surface area is 122 Å². The van der Waals surface area contributed by atoms with E-state index in [4.69, 9.17) is 9.47 Å². The lowest BCUT2D eigenvalue weighted by atomic mass is 9.89. The number of hydrogen-bond acceptors (Lipinski definition) is 5. The van der Waals surface area contributed by atoms with Gasteiger partial charge in [0.05, 0.1) is 18.8 Å². The van der Waals surface area contributed by atoms with Gasteiger partial charge in [0.15, 0.2) is 5.79 Å². The lowest BCUT2D eigenvalue weighted by Crippen LogP contribution is -2.46. The van der Waals surface area contributed by atoms with Gasteiger partial charge in [0, 0.05) is 25.1 Å². The molecule has 2 aliphatic heterocycles. The first-order chi connectivity index (χ1) is 10.2. The maximum Gasteiger partial charge on any atom is 0.280 e.